The lowest BCUT2D eigenvalue weighted by atomic mass is 9.93. The number of nitrogens with zero attached hydrogens (tertiary/aromatic N) is 2. The molecule has 0 fully saturated rings. The Hall–Kier alpha value is -2.21. The number of rotatable bonds is 2. The Labute approximate surface area is 144 Å². The predicted molar refractivity (Wildman–Crippen MR) is 95.3 cm³/mol. The molecule has 1 aromatic heterocycles. The van der Waals surface area contributed by atoms with Gasteiger partial charge in [0.25, 0.3) is 0 Å². The molecule has 3 rings (SSSR count). The second-order valence-electron chi connectivity index (χ2n) is 5.87. The van der Waals surface area contributed by atoms with Crippen molar-refractivity contribution in [3.63, 3.8) is 0 Å². The summed E-state index contributed by atoms with van der Waals surface area (Å²) in [6.45, 7) is 4.23. The predicted octanol–water partition coefficient (Wildman–Crippen LogP) is 3.73. The van der Waals surface area contributed by atoms with E-state index in [-0.39, 0.29) is 10.7 Å². The monoisotopic (exact) mass is 343 g/mol. The molecular formula is C18H18FN3OS. The number of halogens is 1. The van der Waals surface area contributed by atoms with Gasteiger partial charge in [-0.05, 0) is 42.7 Å². The van der Waals surface area contributed by atoms with Crippen molar-refractivity contribution in [1.29, 1.82) is 0 Å². The van der Waals surface area contributed by atoms with Gasteiger partial charge < -0.3 is 5.32 Å². The van der Waals surface area contributed by atoms with Gasteiger partial charge in [-0.1, -0.05) is 30.0 Å². The number of hydrogen-bond acceptors (Lipinski definition) is 4. The molecule has 0 saturated heterocycles. The first-order chi connectivity index (χ1) is 11.5. The van der Waals surface area contributed by atoms with Crippen LogP contribution in [0.2, 0.25) is 0 Å². The van der Waals surface area contributed by atoms with Gasteiger partial charge in [0.2, 0.25) is 11.9 Å². The maximum absolute atomic E-state index is 14.0. The molecule has 124 valence electrons. The van der Waals surface area contributed by atoms with E-state index >= 15 is 0 Å². The van der Waals surface area contributed by atoms with Crippen molar-refractivity contribution < 1.29 is 9.18 Å². The molecule has 0 aliphatic carbocycles. The lowest BCUT2D eigenvalue weighted by Gasteiger charge is -2.33. The SMILES string of the molecule is CC(=O)NC1=NCC[C@@](C)(c2cccc(-c3cccnc3F)c2)S1. The molecule has 1 N–H and O–H groups in total. The third-order valence-corrected chi connectivity index (χ3v) is 5.31. The quantitative estimate of drug-likeness (QED) is 0.845. The first-order valence-corrected chi connectivity index (χ1v) is 8.52. The van der Waals surface area contributed by atoms with Crippen LogP contribution in [0.25, 0.3) is 11.1 Å². The van der Waals surface area contributed by atoms with Gasteiger partial charge in [-0.15, -0.1) is 0 Å². The molecule has 0 bridgehead atoms. The molecule has 2 heterocycles. The molecule has 1 amide bonds. The minimum absolute atomic E-state index is 0.128. The Morgan fingerprint density at radius 3 is 2.92 bits per heavy atom. The van der Waals surface area contributed by atoms with Crippen molar-refractivity contribution >= 4 is 22.8 Å². The smallest absolute Gasteiger partial charge is 0.222 e. The third kappa shape index (κ3) is 3.48. The summed E-state index contributed by atoms with van der Waals surface area (Å²) in [6.07, 6.45) is 2.29. The molecule has 1 atom stereocenters. The van der Waals surface area contributed by atoms with E-state index in [0.29, 0.717) is 17.3 Å². The van der Waals surface area contributed by atoms with E-state index < -0.39 is 5.95 Å². The zero-order valence-electron chi connectivity index (χ0n) is 13.5. The average molecular weight is 343 g/mol. The molecule has 0 saturated carbocycles. The van der Waals surface area contributed by atoms with Crippen molar-refractivity contribution in [2.24, 2.45) is 4.99 Å². The number of carbonyl (C=O) groups excluding carboxylic acids is 1. The van der Waals surface area contributed by atoms with Crippen LogP contribution in [-0.4, -0.2) is 22.6 Å². The second-order valence-corrected chi connectivity index (χ2v) is 7.37. The summed E-state index contributed by atoms with van der Waals surface area (Å²) < 4.78 is 13.7. The fraction of sp³-hybridized carbons (Fsp3) is 0.278. The van der Waals surface area contributed by atoms with Crippen LogP contribution in [0.3, 0.4) is 0 Å². The highest BCUT2D eigenvalue weighted by molar-refractivity contribution is 8.14. The number of pyridine rings is 1. The molecule has 6 heteroatoms. The van der Waals surface area contributed by atoms with Crippen LogP contribution in [0, 0.1) is 5.95 Å². The van der Waals surface area contributed by atoms with Crippen LogP contribution in [0.5, 0.6) is 0 Å². The number of aliphatic imine (C=N–C) groups is 1. The molecule has 1 aromatic carbocycles. The van der Waals surface area contributed by atoms with E-state index in [9.17, 15) is 9.18 Å². The summed E-state index contributed by atoms with van der Waals surface area (Å²) in [5.41, 5.74) is 2.36. The van der Waals surface area contributed by atoms with Gasteiger partial charge >= 0.3 is 0 Å². The number of amides is 1. The Kier molecular flexibility index (Phi) is 4.66. The van der Waals surface area contributed by atoms with Crippen LogP contribution < -0.4 is 5.32 Å². The maximum Gasteiger partial charge on any atom is 0.222 e. The molecule has 2 aromatic rings. The molecule has 0 spiro atoms. The summed E-state index contributed by atoms with van der Waals surface area (Å²) >= 11 is 1.53. The van der Waals surface area contributed by atoms with Gasteiger partial charge in [0.05, 0.1) is 0 Å². The third-order valence-electron chi connectivity index (χ3n) is 3.99. The van der Waals surface area contributed by atoms with E-state index in [1.165, 1.54) is 24.9 Å². The number of aromatic nitrogens is 1. The molecule has 4 nitrogen and oxygen atoms in total. The normalized spacial score (nSPS) is 20.4. The number of hydrogen-bond donors (Lipinski definition) is 1. The summed E-state index contributed by atoms with van der Waals surface area (Å²) in [6, 6.07) is 11.3. The summed E-state index contributed by atoms with van der Waals surface area (Å²) in [5.74, 6) is -0.603. The molecule has 1 aliphatic heterocycles. The van der Waals surface area contributed by atoms with Gasteiger partial charge in [0.1, 0.15) is 0 Å². The fourth-order valence-corrected chi connectivity index (χ4v) is 3.92. The standard InChI is InChI=1S/C18H18FN3OS/c1-12(23)22-17-21-10-8-18(2,24-17)14-6-3-5-13(11-14)15-7-4-9-20-16(15)19/h3-7,9,11H,8,10H2,1-2H3,(H,21,22,23)/t18-/m0/s1. The topological polar surface area (TPSA) is 54.4 Å². The Bertz CT molecular complexity index is 808. The zero-order valence-corrected chi connectivity index (χ0v) is 14.4. The van der Waals surface area contributed by atoms with E-state index in [0.717, 1.165) is 17.5 Å². The van der Waals surface area contributed by atoms with Gasteiger partial charge in [0, 0.05) is 30.0 Å². The number of thioether (sulfide) groups is 1. The van der Waals surface area contributed by atoms with Crippen molar-refractivity contribution in [2.45, 2.75) is 25.0 Å². The van der Waals surface area contributed by atoms with Crippen molar-refractivity contribution in [3.05, 3.63) is 54.1 Å². The molecule has 0 radical (unpaired) electrons. The van der Waals surface area contributed by atoms with E-state index in [4.69, 9.17) is 0 Å². The van der Waals surface area contributed by atoms with Gasteiger partial charge in [-0.25, -0.2) is 4.98 Å². The average Bonchev–Trinajstić information content (AvgIpc) is 2.55. The Morgan fingerprint density at radius 1 is 1.33 bits per heavy atom. The highest BCUT2D eigenvalue weighted by Gasteiger charge is 2.32. The van der Waals surface area contributed by atoms with E-state index in [1.54, 1.807) is 12.1 Å². The second kappa shape index (κ2) is 6.73. The van der Waals surface area contributed by atoms with E-state index in [2.05, 4.69) is 22.2 Å². The Morgan fingerprint density at radius 2 is 2.17 bits per heavy atom. The fourth-order valence-electron chi connectivity index (χ4n) is 2.70. The molecule has 0 unspecified atom stereocenters. The number of amidine groups is 1. The van der Waals surface area contributed by atoms with Crippen molar-refractivity contribution in [1.82, 2.24) is 10.3 Å². The minimum Gasteiger partial charge on any atom is -0.306 e. The van der Waals surface area contributed by atoms with Gasteiger partial charge in [-0.2, -0.15) is 4.39 Å². The summed E-state index contributed by atoms with van der Waals surface area (Å²) in [7, 11) is 0. The van der Waals surface area contributed by atoms with Crippen LogP contribution in [0.15, 0.2) is 47.6 Å². The highest BCUT2D eigenvalue weighted by atomic mass is 32.2. The van der Waals surface area contributed by atoms with Gasteiger partial charge in [0.15, 0.2) is 5.17 Å². The van der Waals surface area contributed by atoms with Crippen LogP contribution in [0.1, 0.15) is 25.8 Å². The lowest BCUT2D eigenvalue weighted by molar-refractivity contribution is -0.117. The molecule has 24 heavy (non-hydrogen) atoms. The first-order valence-electron chi connectivity index (χ1n) is 7.70. The highest BCUT2D eigenvalue weighted by Crippen LogP contribution is 2.43. The van der Waals surface area contributed by atoms with Crippen LogP contribution in [0.4, 0.5) is 4.39 Å². The minimum atomic E-state index is -0.475. The summed E-state index contributed by atoms with van der Waals surface area (Å²) in [5, 5.41) is 3.40. The lowest BCUT2D eigenvalue weighted by Crippen LogP contribution is -2.34. The van der Waals surface area contributed by atoms with Crippen LogP contribution >= 0.6 is 11.8 Å². The van der Waals surface area contributed by atoms with Crippen LogP contribution in [-0.2, 0) is 9.54 Å². The zero-order chi connectivity index (χ0) is 17.2. The van der Waals surface area contributed by atoms with Gasteiger partial charge in [-0.3, -0.25) is 9.79 Å². The van der Waals surface area contributed by atoms with E-state index in [1.807, 2.05) is 24.3 Å². The van der Waals surface area contributed by atoms with Crippen molar-refractivity contribution in [3.8, 4) is 11.1 Å². The molecule has 1 aliphatic rings. The maximum atomic E-state index is 14.0. The first kappa shape index (κ1) is 16.6. The number of benzene rings is 1. The number of nitrogens with one attached hydrogen (secondary N) is 1. The largest absolute Gasteiger partial charge is 0.306 e. The number of carbonyl (C=O) groups is 1. The van der Waals surface area contributed by atoms with Crippen molar-refractivity contribution in [2.75, 3.05) is 6.54 Å². The molecular weight excluding hydrogens is 325 g/mol. The summed E-state index contributed by atoms with van der Waals surface area (Å²) in [4.78, 5) is 19.4. The Balaban J connectivity index is 1.93.